The van der Waals surface area contributed by atoms with Gasteiger partial charge in [0, 0.05) is 29.5 Å². The van der Waals surface area contributed by atoms with Gasteiger partial charge in [0.05, 0.1) is 13.2 Å². The molecule has 0 saturated heterocycles. The molecule has 0 aromatic heterocycles. The molecular formula is C24H33N3O3. The van der Waals surface area contributed by atoms with Crippen LogP contribution in [0.3, 0.4) is 0 Å². The van der Waals surface area contributed by atoms with E-state index in [0.29, 0.717) is 18.7 Å². The molecule has 0 heterocycles. The fourth-order valence-corrected chi connectivity index (χ4v) is 2.89. The maximum atomic E-state index is 12.2. The predicted octanol–water partition coefficient (Wildman–Crippen LogP) is 5.43. The van der Waals surface area contributed by atoms with E-state index in [4.69, 9.17) is 4.74 Å². The Morgan fingerprint density at radius 3 is 2.27 bits per heavy atom. The van der Waals surface area contributed by atoms with Crippen LogP contribution in [0, 0.1) is 0 Å². The lowest BCUT2D eigenvalue weighted by Crippen LogP contribution is -2.21. The van der Waals surface area contributed by atoms with E-state index in [9.17, 15) is 9.59 Å². The number of unbranched alkanes of at least 4 members (excludes halogenated alkanes) is 3. The van der Waals surface area contributed by atoms with Crippen LogP contribution in [0.1, 0.15) is 52.4 Å². The molecule has 0 aliphatic carbocycles. The summed E-state index contributed by atoms with van der Waals surface area (Å²) in [6.07, 6.45) is 5.96. The molecule has 6 heteroatoms. The zero-order valence-corrected chi connectivity index (χ0v) is 18.0. The number of amides is 2. The summed E-state index contributed by atoms with van der Waals surface area (Å²) in [5, 5.41) is 8.80. The Labute approximate surface area is 179 Å². The van der Waals surface area contributed by atoms with Crippen molar-refractivity contribution in [2.45, 2.75) is 52.4 Å². The molecular weight excluding hydrogens is 378 g/mol. The van der Waals surface area contributed by atoms with Crippen LogP contribution in [-0.2, 0) is 9.59 Å². The van der Waals surface area contributed by atoms with Crippen LogP contribution in [0.15, 0.2) is 48.5 Å². The van der Waals surface area contributed by atoms with E-state index in [2.05, 4.69) is 22.9 Å². The number of benzene rings is 2. The van der Waals surface area contributed by atoms with Crippen molar-refractivity contribution in [1.29, 1.82) is 0 Å². The largest absolute Gasteiger partial charge is 0.494 e. The van der Waals surface area contributed by atoms with Crippen molar-refractivity contribution in [1.82, 2.24) is 0 Å². The maximum Gasteiger partial charge on any atom is 0.243 e. The minimum Gasteiger partial charge on any atom is -0.494 e. The molecule has 0 aliphatic rings. The van der Waals surface area contributed by atoms with Gasteiger partial charge >= 0.3 is 0 Å². The number of anilines is 3. The molecule has 2 aromatic carbocycles. The van der Waals surface area contributed by atoms with Gasteiger partial charge in [-0.1, -0.05) is 39.2 Å². The highest BCUT2D eigenvalue weighted by Crippen LogP contribution is 2.18. The number of carbonyl (C=O) groups excluding carboxylic acids is 2. The zero-order chi connectivity index (χ0) is 21.6. The predicted molar refractivity (Wildman–Crippen MR) is 123 cm³/mol. The summed E-state index contributed by atoms with van der Waals surface area (Å²) >= 11 is 0. The van der Waals surface area contributed by atoms with E-state index < -0.39 is 0 Å². The van der Waals surface area contributed by atoms with Crippen molar-refractivity contribution in [3.05, 3.63) is 48.5 Å². The van der Waals surface area contributed by atoms with E-state index in [1.165, 1.54) is 19.3 Å². The second-order valence-corrected chi connectivity index (χ2v) is 7.21. The highest BCUT2D eigenvalue weighted by Gasteiger charge is 2.05. The first kappa shape index (κ1) is 23.3. The summed E-state index contributed by atoms with van der Waals surface area (Å²) in [5.41, 5.74) is 2.26. The second-order valence-electron chi connectivity index (χ2n) is 7.21. The van der Waals surface area contributed by atoms with Crippen molar-refractivity contribution in [2.75, 3.05) is 29.1 Å². The van der Waals surface area contributed by atoms with Crippen LogP contribution >= 0.6 is 0 Å². The Hall–Kier alpha value is -3.02. The van der Waals surface area contributed by atoms with Crippen molar-refractivity contribution >= 4 is 28.9 Å². The summed E-state index contributed by atoms with van der Waals surface area (Å²) in [4.78, 5) is 23.9. The number of hydrogen-bond acceptors (Lipinski definition) is 4. The van der Waals surface area contributed by atoms with Crippen LogP contribution in [0.5, 0.6) is 5.75 Å². The molecule has 0 fully saturated rings. The highest BCUT2D eigenvalue weighted by atomic mass is 16.5. The highest BCUT2D eigenvalue weighted by molar-refractivity contribution is 5.94. The molecule has 3 N–H and O–H groups in total. The van der Waals surface area contributed by atoms with E-state index in [0.717, 1.165) is 30.0 Å². The van der Waals surface area contributed by atoms with Crippen LogP contribution in [-0.4, -0.2) is 25.0 Å². The fourth-order valence-electron chi connectivity index (χ4n) is 2.89. The Bertz CT molecular complexity index is 791. The van der Waals surface area contributed by atoms with Gasteiger partial charge in [0.1, 0.15) is 5.75 Å². The van der Waals surface area contributed by atoms with Gasteiger partial charge in [0.2, 0.25) is 11.8 Å². The normalized spacial score (nSPS) is 10.3. The number of rotatable bonds is 13. The average Bonchev–Trinajstić information content (AvgIpc) is 2.73. The van der Waals surface area contributed by atoms with Crippen LogP contribution in [0.25, 0.3) is 0 Å². The Morgan fingerprint density at radius 2 is 1.53 bits per heavy atom. The van der Waals surface area contributed by atoms with Gasteiger partial charge in [-0.25, -0.2) is 0 Å². The standard InChI is InChI=1S/C24H33N3O3/c1-3-5-6-7-16-30-22-11-8-10-21(17-22)27-24(29)18-25-19-12-14-20(15-13-19)26-23(28)9-4-2/h8,10-15,17,25H,3-7,9,16,18H2,1-2H3,(H,26,28)(H,27,29). The SMILES string of the molecule is CCCCCCOc1cccc(NC(=O)CNc2ccc(NC(=O)CCC)cc2)c1. The number of nitrogens with one attached hydrogen (secondary N) is 3. The average molecular weight is 412 g/mol. The lowest BCUT2D eigenvalue weighted by Gasteiger charge is -2.11. The maximum absolute atomic E-state index is 12.2. The molecule has 0 aliphatic heterocycles. The zero-order valence-electron chi connectivity index (χ0n) is 18.0. The summed E-state index contributed by atoms with van der Waals surface area (Å²) in [7, 11) is 0. The van der Waals surface area contributed by atoms with Gasteiger partial charge in [0.15, 0.2) is 0 Å². The first-order valence-electron chi connectivity index (χ1n) is 10.8. The third-order valence-corrected chi connectivity index (χ3v) is 4.48. The first-order valence-corrected chi connectivity index (χ1v) is 10.8. The third-order valence-electron chi connectivity index (χ3n) is 4.48. The summed E-state index contributed by atoms with van der Waals surface area (Å²) in [6.45, 7) is 4.98. The minimum atomic E-state index is -0.143. The van der Waals surface area contributed by atoms with Gasteiger partial charge < -0.3 is 20.7 Å². The molecule has 2 aromatic rings. The van der Waals surface area contributed by atoms with Crippen LogP contribution in [0.2, 0.25) is 0 Å². The van der Waals surface area contributed by atoms with Crippen molar-refractivity contribution in [2.24, 2.45) is 0 Å². The van der Waals surface area contributed by atoms with Gasteiger partial charge in [0.25, 0.3) is 0 Å². The van der Waals surface area contributed by atoms with Crippen LogP contribution < -0.4 is 20.7 Å². The molecule has 0 unspecified atom stereocenters. The van der Waals surface area contributed by atoms with Crippen LogP contribution in [0.4, 0.5) is 17.1 Å². The first-order chi connectivity index (χ1) is 14.6. The van der Waals surface area contributed by atoms with Gasteiger partial charge in [-0.05, 0) is 49.2 Å². The van der Waals surface area contributed by atoms with Gasteiger partial charge in [-0.3, -0.25) is 9.59 Å². The van der Waals surface area contributed by atoms with E-state index in [-0.39, 0.29) is 18.4 Å². The Balaban J connectivity index is 1.75. The summed E-state index contributed by atoms with van der Waals surface area (Å²) in [5.74, 6) is 0.623. The Kier molecular flexibility index (Phi) is 10.3. The fraction of sp³-hybridized carbons (Fsp3) is 0.417. The molecule has 2 rings (SSSR count). The molecule has 0 spiro atoms. The second kappa shape index (κ2) is 13.2. The van der Waals surface area contributed by atoms with Crippen molar-refractivity contribution in [3.63, 3.8) is 0 Å². The molecule has 0 radical (unpaired) electrons. The quantitative estimate of drug-likeness (QED) is 0.384. The van der Waals surface area contributed by atoms with E-state index in [1.807, 2.05) is 55.5 Å². The number of hydrogen-bond donors (Lipinski definition) is 3. The Morgan fingerprint density at radius 1 is 0.800 bits per heavy atom. The smallest absolute Gasteiger partial charge is 0.243 e. The van der Waals surface area contributed by atoms with Crippen molar-refractivity contribution < 1.29 is 14.3 Å². The number of ether oxygens (including phenoxy) is 1. The lowest BCUT2D eigenvalue weighted by molar-refractivity contribution is -0.116. The third kappa shape index (κ3) is 8.99. The molecule has 2 amide bonds. The molecule has 30 heavy (non-hydrogen) atoms. The van der Waals surface area contributed by atoms with Crippen molar-refractivity contribution in [3.8, 4) is 5.75 Å². The monoisotopic (exact) mass is 411 g/mol. The number of carbonyl (C=O) groups is 2. The molecule has 0 saturated carbocycles. The topological polar surface area (TPSA) is 79.5 Å². The lowest BCUT2D eigenvalue weighted by atomic mass is 10.2. The van der Waals surface area contributed by atoms with E-state index in [1.54, 1.807) is 0 Å². The van der Waals surface area contributed by atoms with Gasteiger partial charge in [-0.15, -0.1) is 0 Å². The summed E-state index contributed by atoms with van der Waals surface area (Å²) < 4.78 is 5.76. The minimum absolute atomic E-state index is 0.00440. The molecule has 6 nitrogen and oxygen atoms in total. The molecule has 0 bridgehead atoms. The van der Waals surface area contributed by atoms with Gasteiger partial charge in [-0.2, -0.15) is 0 Å². The molecule has 162 valence electrons. The van der Waals surface area contributed by atoms with E-state index >= 15 is 0 Å². The molecule has 0 atom stereocenters. The summed E-state index contributed by atoms with van der Waals surface area (Å²) in [6, 6.07) is 14.7.